The lowest BCUT2D eigenvalue weighted by molar-refractivity contribution is -0.144. The summed E-state index contributed by atoms with van der Waals surface area (Å²) in [4.78, 5) is 24.8. The summed E-state index contributed by atoms with van der Waals surface area (Å²) in [6.07, 6.45) is 1.85. The third kappa shape index (κ3) is 2.47. The van der Waals surface area contributed by atoms with E-state index in [2.05, 4.69) is 15.5 Å². The van der Waals surface area contributed by atoms with Gasteiger partial charge in [-0.3, -0.25) is 9.89 Å². The van der Waals surface area contributed by atoms with Crippen LogP contribution in [0, 0.1) is 0 Å². The summed E-state index contributed by atoms with van der Waals surface area (Å²) in [7, 11) is 1.61. The van der Waals surface area contributed by atoms with Crippen LogP contribution in [0.4, 0.5) is 0 Å². The topological polar surface area (TPSA) is 93.3 Å². The van der Waals surface area contributed by atoms with E-state index in [1.54, 1.807) is 27.2 Å². The van der Waals surface area contributed by atoms with Gasteiger partial charge >= 0.3 is 5.97 Å². The van der Waals surface area contributed by atoms with E-state index in [4.69, 9.17) is 9.47 Å². The van der Waals surface area contributed by atoms with Crippen LogP contribution in [0.15, 0.2) is 41.7 Å². The van der Waals surface area contributed by atoms with Crippen molar-refractivity contribution >= 4 is 11.9 Å². The molecule has 26 heavy (non-hydrogen) atoms. The summed E-state index contributed by atoms with van der Waals surface area (Å²) in [5.74, 6) is -0.180. The van der Waals surface area contributed by atoms with Crippen LogP contribution in [0.2, 0.25) is 0 Å². The molecular formula is C19H19N3O4. The van der Waals surface area contributed by atoms with E-state index in [0.717, 1.165) is 22.6 Å². The summed E-state index contributed by atoms with van der Waals surface area (Å²) in [5, 5.41) is 9.96. The number of benzene rings is 1. The standard InChI is InChI=1S/C19H19N3O4/c1-19(2)17-15(18(24)26-19)12(8-14(23)21-17)13-9-20-22-16(13)10-4-6-11(25-3)7-5-10/h4-7,9,12H,8H2,1-3H3,(H,20,22)(H,21,23)/t12-/m1/s1. The molecule has 0 bridgehead atoms. The fourth-order valence-electron chi connectivity index (χ4n) is 3.59. The van der Waals surface area contributed by atoms with Gasteiger partial charge in [0.25, 0.3) is 0 Å². The minimum absolute atomic E-state index is 0.137. The summed E-state index contributed by atoms with van der Waals surface area (Å²) < 4.78 is 10.7. The normalized spacial score (nSPS) is 21.3. The lowest BCUT2D eigenvalue weighted by atomic mass is 9.82. The molecule has 2 aliphatic rings. The smallest absolute Gasteiger partial charge is 0.337 e. The fourth-order valence-corrected chi connectivity index (χ4v) is 3.59. The second kappa shape index (κ2) is 5.72. The number of methoxy groups -OCH3 is 1. The number of rotatable bonds is 3. The van der Waals surface area contributed by atoms with Gasteiger partial charge in [-0.2, -0.15) is 5.10 Å². The van der Waals surface area contributed by atoms with Gasteiger partial charge in [-0.15, -0.1) is 0 Å². The molecule has 3 heterocycles. The zero-order valence-electron chi connectivity index (χ0n) is 14.8. The van der Waals surface area contributed by atoms with E-state index in [0.29, 0.717) is 11.3 Å². The predicted molar refractivity (Wildman–Crippen MR) is 93.3 cm³/mol. The Morgan fingerprint density at radius 1 is 1.23 bits per heavy atom. The summed E-state index contributed by atoms with van der Waals surface area (Å²) in [5.41, 5.74) is 2.68. The van der Waals surface area contributed by atoms with Gasteiger partial charge in [0.2, 0.25) is 5.91 Å². The Balaban J connectivity index is 1.81. The highest BCUT2D eigenvalue weighted by atomic mass is 16.6. The zero-order chi connectivity index (χ0) is 18.5. The molecule has 2 aromatic rings. The third-order valence-electron chi connectivity index (χ3n) is 4.86. The number of esters is 1. The molecule has 1 atom stereocenters. The summed E-state index contributed by atoms with van der Waals surface area (Å²) in [6.45, 7) is 3.55. The van der Waals surface area contributed by atoms with Crippen molar-refractivity contribution in [3.05, 3.63) is 47.3 Å². The highest BCUT2D eigenvalue weighted by Crippen LogP contribution is 2.44. The molecule has 1 aromatic heterocycles. The van der Waals surface area contributed by atoms with Crippen LogP contribution < -0.4 is 10.1 Å². The van der Waals surface area contributed by atoms with Gasteiger partial charge in [0, 0.05) is 23.5 Å². The third-order valence-corrected chi connectivity index (χ3v) is 4.86. The van der Waals surface area contributed by atoms with E-state index >= 15 is 0 Å². The number of aromatic amines is 1. The van der Waals surface area contributed by atoms with Crippen LogP contribution >= 0.6 is 0 Å². The van der Waals surface area contributed by atoms with Crippen molar-refractivity contribution in [1.82, 2.24) is 15.5 Å². The minimum Gasteiger partial charge on any atom is -0.497 e. The van der Waals surface area contributed by atoms with Crippen LogP contribution in [0.3, 0.4) is 0 Å². The largest absolute Gasteiger partial charge is 0.497 e. The number of ether oxygens (including phenoxy) is 2. The van der Waals surface area contributed by atoms with Crippen molar-refractivity contribution in [1.29, 1.82) is 0 Å². The highest BCUT2D eigenvalue weighted by Gasteiger charge is 2.48. The van der Waals surface area contributed by atoms with E-state index in [1.165, 1.54) is 0 Å². The number of cyclic esters (lactones) is 1. The van der Waals surface area contributed by atoms with Gasteiger partial charge in [-0.1, -0.05) is 0 Å². The molecule has 0 fully saturated rings. The second-order valence-electron chi connectivity index (χ2n) is 6.92. The van der Waals surface area contributed by atoms with E-state index in [-0.39, 0.29) is 12.3 Å². The van der Waals surface area contributed by atoms with Crippen LogP contribution in [0.1, 0.15) is 31.7 Å². The average Bonchev–Trinajstić information content (AvgIpc) is 3.17. The second-order valence-corrected chi connectivity index (χ2v) is 6.92. The first kappa shape index (κ1) is 16.4. The van der Waals surface area contributed by atoms with Gasteiger partial charge in [-0.25, -0.2) is 4.79 Å². The molecule has 1 aromatic carbocycles. The lowest BCUT2D eigenvalue weighted by Crippen LogP contribution is -2.38. The Morgan fingerprint density at radius 2 is 1.96 bits per heavy atom. The molecule has 134 valence electrons. The van der Waals surface area contributed by atoms with E-state index in [9.17, 15) is 9.59 Å². The molecule has 0 saturated carbocycles. The fraction of sp³-hybridized carbons (Fsp3) is 0.316. The quantitative estimate of drug-likeness (QED) is 0.826. The van der Waals surface area contributed by atoms with Crippen LogP contribution in [0.5, 0.6) is 5.75 Å². The monoisotopic (exact) mass is 353 g/mol. The van der Waals surface area contributed by atoms with E-state index in [1.807, 2.05) is 24.3 Å². The van der Waals surface area contributed by atoms with Gasteiger partial charge in [0.05, 0.1) is 30.3 Å². The number of carbonyl (C=O) groups is 2. The van der Waals surface area contributed by atoms with Crippen molar-refractivity contribution in [2.24, 2.45) is 0 Å². The van der Waals surface area contributed by atoms with Crippen molar-refractivity contribution in [3.63, 3.8) is 0 Å². The predicted octanol–water partition coefficient (Wildman–Crippen LogP) is 2.28. The maximum absolute atomic E-state index is 12.5. The molecule has 7 nitrogen and oxygen atoms in total. The maximum atomic E-state index is 12.5. The van der Waals surface area contributed by atoms with Crippen molar-refractivity contribution in [2.45, 2.75) is 31.8 Å². The molecular weight excluding hydrogens is 334 g/mol. The maximum Gasteiger partial charge on any atom is 0.337 e. The SMILES string of the molecule is COc1ccc(-c2[nH]ncc2[C@H]2CC(=O)NC3=C2C(=O)OC3(C)C)cc1. The first-order chi connectivity index (χ1) is 12.4. The number of hydrogen-bond acceptors (Lipinski definition) is 5. The molecule has 4 rings (SSSR count). The number of carbonyl (C=O) groups excluding carboxylic acids is 2. The number of amides is 1. The first-order valence-electron chi connectivity index (χ1n) is 8.36. The first-order valence-corrected chi connectivity index (χ1v) is 8.36. The van der Waals surface area contributed by atoms with Gasteiger partial charge in [-0.05, 0) is 38.1 Å². The van der Waals surface area contributed by atoms with Crippen molar-refractivity contribution in [3.8, 4) is 17.0 Å². The van der Waals surface area contributed by atoms with Crippen molar-refractivity contribution in [2.75, 3.05) is 7.11 Å². The molecule has 0 aliphatic carbocycles. The van der Waals surface area contributed by atoms with Gasteiger partial charge in [0.1, 0.15) is 11.4 Å². The Morgan fingerprint density at radius 3 is 2.65 bits per heavy atom. The molecule has 7 heteroatoms. The van der Waals surface area contributed by atoms with E-state index < -0.39 is 17.5 Å². The highest BCUT2D eigenvalue weighted by molar-refractivity contribution is 5.99. The molecule has 0 saturated heterocycles. The zero-order valence-corrected chi connectivity index (χ0v) is 14.8. The minimum atomic E-state index is -0.843. The van der Waals surface area contributed by atoms with Gasteiger partial charge in [0.15, 0.2) is 0 Å². The molecule has 0 unspecified atom stereocenters. The molecule has 2 aliphatic heterocycles. The summed E-state index contributed by atoms with van der Waals surface area (Å²) >= 11 is 0. The Labute approximate surface area is 150 Å². The Kier molecular flexibility index (Phi) is 3.61. The molecule has 1 amide bonds. The molecule has 0 radical (unpaired) electrons. The number of hydrogen-bond donors (Lipinski definition) is 2. The lowest BCUT2D eigenvalue weighted by Gasteiger charge is -2.26. The van der Waals surface area contributed by atoms with Crippen LogP contribution in [0.25, 0.3) is 11.3 Å². The Hall–Kier alpha value is -3.09. The Bertz CT molecular complexity index is 925. The molecule has 2 N–H and O–H groups in total. The summed E-state index contributed by atoms with van der Waals surface area (Å²) in [6, 6.07) is 7.52. The van der Waals surface area contributed by atoms with Crippen LogP contribution in [-0.4, -0.2) is 34.8 Å². The number of nitrogens with zero attached hydrogens (tertiary/aromatic N) is 1. The van der Waals surface area contributed by atoms with Crippen LogP contribution in [-0.2, 0) is 14.3 Å². The number of aromatic nitrogens is 2. The van der Waals surface area contributed by atoms with Crippen molar-refractivity contribution < 1.29 is 19.1 Å². The van der Waals surface area contributed by atoms with Gasteiger partial charge < -0.3 is 14.8 Å². The average molecular weight is 353 g/mol. The number of H-pyrrole nitrogens is 1. The number of nitrogens with one attached hydrogen (secondary N) is 2. The molecule has 0 spiro atoms.